The first kappa shape index (κ1) is 22.8. The van der Waals surface area contributed by atoms with Crippen LogP contribution in [0.2, 0.25) is 0 Å². The Morgan fingerprint density at radius 1 is 1.24 bits per heavy atom. The Kier molecular flexibility index (Phi) is 8.15. The molecule has 1 aromatic heterocycles. The number of alkyl halides is 3. The Morgan fingerprint density at radius 3 is 2.45 bits per heavy atom. The molecular formula is C19H24F3N3O4. The smallest absolute Gasteiger partial charge is 0.384 e. The summed E-state index contributed by atoms with van der Waals surface area (Å²) in [4.78, 5) is 21.7. The molecule has 0 fully saturated rings. The fourth-order valence-electron chi connectivity index (χ4n) is 2.54. The van der Waals surface area contributed by atoms with E-state index in [0.29, 0.717) is 25.2 Å². The second-order valence-electron chi connectivity index (χ2n) is 6.39. The highest BCUT2D eigenvalue weighted by Crippen LogP contribution is 2.29. The predicted molar refractivity (Wildman–Crippen MR) is 97.2 cm³/mol. The van der Waals surface area contributed by atoms with Gasteiger partial charge in [-0.2, -0.15) is 18.2 Å². The van der Waals surface area contributed by atoms with Crippen molar-refractivity contribution in [3.05, 3.63) is 35.7 Å². The number of hydrogen-bond acceptors (Lipinski definition) is 6. The zero-order chi connectivity index (χ0) is 21.4. The van der Waals surface area contributed by atoms with Crippen LogP contribution in [-0.4, -0.2) is 41.4 Å². The Hall–Kier alpha value is -2.46. The van der Waals surface area contributed by atoms with Gasteiger partial charge in [-0.05, 0) is 18.4 Å². The summed E-state index contributed by atoms with van der Waals surface area (Å²) in [6, 6.07) is 6.47. The van der Waals surface area contributed by atoms with Gasteiger partial charge in [0.2, 0.25) is 5.82 Å². The molecule has 1 amide bonds. The average molecular weight is 415 g/mol. The summed E-state index contributed by atoms with van der Waals surface area (Å²) in [7, 11) is 1.54. The first-order chi connectivity index (χ1) is 13.8. The zero-order valence-electron chi connectivity index (χ0n) is 16.5. The number of hydroxylamine groups is 2. The minimum atomic E-state index is -4.69. The highest BCUT2D eigenvalue weighted by molar-refractivity contribution is 5.78. The molecular weight excluding hydrogens is 391 g/mol. The van der Waals surface area contributed by atoms with Crippen LogP contribution in [0.15, 0.2) is 28.8 Å². The summed E-state index contributed by atoms with van der Waals surface area (Å²) in [5.74, 6) is -2.06. The van der Waals surface area contributed by atoms with Crippen molar-refractivity contribution in [1.29, 1.82) is 0 Å². The maximum atomic E-state index is 12.7. The van der Waals surface area contributed by atoms with Gasteiger partial charge in [-0.3, -0.25) is 9.63 Å². The summed E-state index contributed by atoms with van der Waals surface area (Å²) in [6.07, 6.45) is -3.35. The number of ether oxygens (including phenoxy) is 1. The lowest BCUT2D eigenvalue weighted by molar-refractivity contribution is -0.196. The molecule has 2 rings (SSSR count). The molecule has 0 saturated carbocycles. The van der Waals surface area contributed by atoms with Crippen LogP contribution in [0.5, 0.6) is 0 Å². The monoisotopic (exact) mass is 415 g/mol. The van der Waals surface area contributed by atoms with Gasteiger partial charge in [0.1, 0.15) is 0 Å². The van der Waals surface area contributed by atoms with Gasteiger partial charge in [0, 0.05) is 12.7 Å². The van der Waals surface area contributed by atoms with Crippen LogP contribution in [0.4, 0.5) is 13.2 Å². The van der Waals surface area contributed by atoms with E-state index in [-0.39, 0.29) is 24.2 Å². The second kappa shape index (κ2) is 10.4. The SMILES string of the molecule is CCCON(Cc1ccc(-c2noc(C(F)(F)F)n2)cc1)C(=O)C(CC)COC. The summed E-state index contributed by atoms with van der Waals surface area (Å²) in [5, 5.41) is 4.67. The van der Waals surface area contributed by atoms with E-state index in [1.807, 2.05) is 13.8 Å². The topological polar surface area (TPSA) is 77.7 Å². The number of carbonyl (C=O) groups excluding carboxylic acids is 1. The van der Waals surface area contributed by atoms with Crippen molar-refractivity contribution in [3.8, 4) is 11.4 Å². The van der Waals surface area contributed by atoms with E-state index in [4.69, 9.17) is 9.57 Å². The zero-order valence-corrected chi connectivity index (χ0v) is 16.5. The fourth-order valence-corrected chi connectivity index (χ4v) is 2.54. The molecule has 7 nitrogen and oxygen atoms in total. The normalized spacial score (nSPS) is 12.8. The number of carbonyl (C=O) groups is 1. The van der Waals surface area contributed by atoms with Gasteiger partial charge in [0.15, 0.2) is 0 Å². The molecule has 0 radical (unpaired) electrons. The van der Waals surface area contributed by atoms with Crippen LogP contribution in [0.1, 0.15) is 38.1 Å². The number of hydrogen-bond donors (Lipinski definition) is 0. The molecule has 1 aromatic carbocycles. The third-order valence-electron chi connectivity index (χ3n) is 4.11. The Bertz CT molecular complexity index is 778. The van der Waals surface area contributed by atoms with E-state index >= 15 is 0 Å². The maximum absolute atomic E-state index is 12.7. The molecule has 29 heavy (non-hydrogen) atoms. The number of rotatable bonds is 10. The molecule has 2 aromatic rings. The number of methoxy groups -OCH3 is 1. The van der Waals surface area contributed by atoms with Crippen molar-refractivity contribution in [2.45, 2.75) is 39.4 Å². The van der Waals surface area contributed by atoms with Crippen LogP contribution in [0.25, 0.3) is 11.4 Å². The minimum Gasteiger partial charge on any atom is -0.384 e. The largest absolute Gasteiger partial charge is 0.471 e. The molecule has 0 saturated heterocycles. The molecule has 0 N–H and O–H groups in total. The second-order valence-corrected chi connectivity index (χ2v) is 6.39. The molecule has 1 unspecified atom stereocenters. The van der Waals surface area contributed by atoms with E-state index in [1.165, 1.54) is 12.2 Å². The van der Waals surface area contributed by atoms with Gasteiger partial charge < -0.3 is 9.26 Å². The number of benzene rings is 1. The molecule has 0 spiro atoms. The van der Waals surface area contributed by atoms with Crippen LogP contribution in [0.3, 0.4) is 0 Å². The minimum absolute atomic E-state index is 0.162. The Morgan fingerprint density at radius 2 is 1.93 bits per heavy atom. The van der Waals surface area contributed by atoms with E-state index < -0.39 is 12.1 Å². The first-order valence-corrected chi connectivity index (χ1v) is 9.23. The lowest BCUT2D eigenvalue weighted by atomic mass is 10.1. The van der Waals surface area contributed by atoms with Gasteiger partial charge in [-0.1, -0.05) is 43.3 Å². The maximum Gasteiger partial charge on any atom is 0.471 e. The summed E-state index contributed by atoms with van der Waals surface area (Å²) in [5.41, 5.74) is 1.11. The molecule has 0 aliphatic rings. The first-order valence-electron chi connectivity index (χ1n) is 9.23. The molecule has 0 bridgehead atoms. The van der Waals surface area contributed by atoms with Gasteiger partial charge in [0.25, 0.3) is 5.91 Å². The molecule has 0 aliphatic heterocycles. The van der Waals surface area contributed by atoms with Crippen LogP contribution >= 0.6 is 0 Å². The van der Waals surface area contributed by atoms with Crippen molar-refractivity contribution >= 4 is 5.91 Å². The highest BCUT2D eigenvalue weighted by atomic mass is 19.4. The number of aromatic nitrogens is 2. The lowest BCUT2D eigenvalue weighted by Gasteiger charge is -2.26. The van der Waals surface area contributed by atoms with Gasteiger partial charge >= 0.3 is 12.1 Å². The molecule has 1 atom stereocenters. The van der Waals surface area contributed by atoms with Gasteiger partial charge in [-0.15, -0.1) is 0 Å². The third-order valence-corrected chi connectivity index (χ3v) is 4.11. The van der Waals surface area contributed by atoms with E-state index in [9.17, 15) is 18.0 Å². The average Bonchev–Trinajstić information content (AvgIpc) is 3.20. The molecule has 0 aliphatic carbocycles. The molecule has 160 valence electrons. The number of amides is 1. The Balaban J connectivity index is 2.13. The lowest BCUT2D eigenvalue weighted by Crippen LogP contribution is -2.37. The quantitative estimate of drug-likeness (QED) is 0.544. The van der Waals surface area contributed by atoms with Crippen molar-refractivity contribution in [2.24, 2.45) is 5.92 Å². The van der Waals surface area contributed by atoms with E-state index in [0.717, 1.165) is 12.0 Å². The third kappa shape index (κ3) is 6.26. The standard InChI is InChI=1S/C19H24F3N3O4/c1-4-10-28-25(17(26)14(5-2)12-27-3)11-13-6-8-15(9-7-13)16-23-18(29-24-16)19(20,21)22/h6-9,14H,4-5,10-12H2,1-3H3. The van der Waals surface area contributed by atoms with Crippen molar-refractivity contribution in [1.82, 2.24) is 15.2 Å². The van der Waals surface area contributed by atoms with Gasteiger partial charge in [0.05, 0.1) is 25.7 Å². The van der Waals surface area contributed by atoms with Gasteiger partial charge in [-0.25, -0.2) is 5.06 Å². The summed E-state index contributed by atoms with van der Waals surface area (Å²) in [6.45, 7) is 4.70. The predicted octanol–water partition coefficient (Wildman–Crippen LogP) is 4.10. The van der Waals surface area contributed by atoms with Crippen molar-refractivity contribution < 1.29 is 32.1 Å². The summed E-state index contributed by atoms with van der Waals surface area (Å²) >= 11 is 0. The highest BCUT2D eigenvalue weighted by Gasteiger charge is 2.38. The molecule has 1 heterocycles. The van der Waals surface area contributed by atoms with E-state index in [1.54, 1.807) is 24.3 Å². The summed E-state index contributed by atoms with van der Waals surface area (Å²) < 4.78 is 47.1. The Labute approximate surface area is 166 Å². The molecule has 10 heteroatoms. The number of nitrogens with zero attached hydrogens (tertiary/aromatic N) is 3. The fraction of sp³-hybridized carbons (Fsp3) is 0.526. The van der Waals surface area contributed by atoms with Crippen molar-refractivity contribution in [3.63, 3.8) is 0 Å². The van der Waals surface area contributed by atoms with Crippen LogP contribution in [0, 0.1) is 5.92 Å². The van der Waals surface area contributed by atoms with Crippen LogP contribution in [-0.2, 0) is 27.1 Å². The van der Waals surface area contributed by atoms with Crippen molar-refractivity contribution in [2.75, 3.05) is 20.3 Å². The van der Waals surface area contributed by atoms with Crippen LogP contribution < -0.4 is 0 Å². The van der Waals surface area contributed by atoms with E-state index in [2.05, 4.69) is 14.7 Å². The number of halogens is 3.